The number of aromatic nitrogens is 2. The molecule has 4 aromatic rings. The molecule has 1 aliphatic carbocycles. The zero-order chi connectivity index (χ0) is 25.3. The molecule has 0 saturated heterocycles. The first kappa shape index (κ1) is 24.9. The van der Waals surface area contributed by atoms with Gasteiger partial charge in [0.25, 0.3) is 5.89 Å². The fraction of sp³-hybridized carbons (Fsp3) is 0.250. The molecule has 1 saturated carbocycles. The molecule has 0 aliphatic heterocycles. The third-order valence-corrected chi connectivity index (χ3v) is 7.80. The molecule has 0 spiro atoms. The van der Waals surface area contributed by atoms with E-state index in [1.54, 1.807) is 23.9 Å². The number of aryl methyl sites for hydroxylation is 1. The van der Waals surface area contributed by atoms with Crippen LogP contribution in [0.25, 0.3) is 11.5 Å². The summed E-state index contributed by atoms with van der Waals surface area (Å²) in [4.78, 5) is 18.5. The highest BCUT2D eigenvalue weighted by molar-refractivity contribution is 7.99. The smallest absolute Gasteiger partial charge is 0.257 e. The van der Waals surface area contributed by atoms with E-state index in [-0.39, 0.29) is 12.3 Å². The topological polar surface area (TPSA) is 68.0 Å². The van der Waals surface area contributed by atoms with Crippen molar-refractivity contribution in [2.45, 2.75) is 43.4 Å². The van der Waals surface area contributed by atoms with E-state index in [0.717, 1.165) is 40.8 Å². The number of hydrogen-bond acceptors (Lipinski definition) is 5. The minimum absolute atomic E-state index is 0.132. The number of rotatable bonds is 8. The van der Waals surface area contributed by atoms with Gasteiger partial charge in [0.15, 0.2) is 5.82 Å². The van der Waals surface area contributed by atoms with Gasteiger partial charge in [-0.2, -0.15) is 4.98 Å². The number of benzene rings is 3. The summed E-state index contributed by atoms with van der Waals surface area (Å²) in [7, 11) is 0. The van der Waals surface area contributed by atoms with Crippen LogP contribution in [-0.4, -0.2) is 21.8 Å². The average Bonchev–Trinajstić information content (AvgIpc) is 3.47. The number of halogens is 2. The van der Waals surface area contributed by atoms with E-state index in [9.17, 15) is 4.79 Å². The van der Waals surface area contributed by atoms with Crippen molar-refractivity contribution in [1.29, 1.82) is 0 Å². The molecule has 5 rings (SSSR count). The van der Waals surface area contributed by atoms with Gasteiger partial charge in [0, 0.05) is 31.8 Å². The van der Waals surface area contributed by atoms with Crippen LogP contribution in [0, 0.1) is 6.92 Å². The summed E-state index contributed by atoms with van der Waals surface area (Å²) < 4.78 is 5.57. The number of thioether (sulfide) groups is 1. The Kier molecular flexibility index (Phi) is 7.11. The quantitative estimate of drug-likeness (QED) is 0.233. The highest BCUT2D eigenvalue weighted by Crippen LogP contribution is 2.57. The van der Waals surface area contributed by atoms with Crippen molar-refractivity contribution in [2.75, 3.05) is 11.1 Å². The van der Waals surface area contributed by atoms with Crippen molar-refractivity contribution in [3.63, 3.8) is 0 Å². The Balaban J connectivity index is 1.32. The number of nitrogens with zero attached hydrogens (tertiary/aromatic N) is 2. The van der Waals surface area contributed by atoms with Gasteiger partial charge >= 0.3 is 0 Å². The van der Waals surface area contributed by atoms with E-state index in [4.69, 9.17) is 27.7 Å². The van der Waals surface area contributed by atoms with Crippen molar-refractivity contribution in [3.8, 4) is 11.5 Å². The number of amides is 1. The fourth-order valence-corrected chi connectivity index (χ4v) is 5.82. The maximum Gasteiger partial charge on any atom is 0.257 e. The first-order valence-corrected chi connectivity index (χ1v) is 13.5. The van der Waals surface area contributed by atoms with E-state index in [0.29, 0.717) is 27.4 Å². The molecule has 1 heterocycles. The molecule has 36 heavy (non-hydrogen) atoms. The van der Waals surface area contributed by atoms with E-state index in [1.165, 1.54) is 4.90 Å². The molecule has 3 aromatic carbocycles. The number of carbonyl (C=O) groups is 1. The summed E-state index contributed by atoms with van der Waals surface area (Å²) >= 11 is 15.2. The van der Waals surface area contributed by atoms with Crippen LogP contribution < -0.4 is 5.32 Å². The lowest BCUT2D eigenvalue weighted by Gasteiger charge is -2.17. The molecule has 184 valence electrons. The fourth-order valence-electron chi connectivity index (χ4n) is 4.30. The molecule has 8 heteroatoms. The monoisotopic (exact) mass is 537 g/mol. The second-order valence-corrected chi connectivity index (χ2v) is 11.1. The normalized spacial score (nSPS) is 14.0. The summed E-state index contributed by atoms with van der Waals surface area (Å²) in [5.41, 5.74) is 3.81. The van der Waals surface area contributed by atoms with Crippen LogP contribution in [0.15, 0.2) is 70.1 Å². The maximum absolute atomic E-state index is 12.7. The number of anilines is 1. The second-order valence-electron chi connectivity index (χ2n) is 8.99. The van der Waals surface area contributed by atoms with Gasteiger partial charge in [0.1, 0.15) is 0 Å². The van der Waals surface area contributed by atoms with Gasteiger partial charge in [-0.15, -0.1) is 11.8 Å². The van der Waals surface area contributed by atoms with Gasteiger partial charge in [-0.1, -0.05) is 65.1 Å². The van der Waals surface area contributed by atoms with Crippen LogP contribution in [0.3, 0.4) is 0 Å². The van der Waals surface area contributed by atoms with Crippen LogP contribution in [0.4, 0.5) is 5.69 Å². The number of hydrogen-bond donors (Lipinski definition) is 1. The van der Waals surface area contributed by atoms with Crippen molar-refractivity contribution >= 4 is 46.6 Å². The number of carbonyl (C=O) groups excluding carboxylic acids is 1. The Morgan fingerprint density at radius 2 is 1.72 bits per heavy atom. The van der Waals surface area contributed by atoms with Gasteiger partial charge in [0.05, 0.1) is 11.8 Å². The molecule has 1 fully saturated rings. The van der Waals surface area contributed by atoms with E-state index in [2.05, 4.69) is 22.4 Å². The second kappa shape index (κ2) is 10.3. The van der Waals surface area contributed by atoms with E-state index < -0.39 is 5.41 Å². The third-order valence-electron chi connectivity index (χ3n) is 6.31. The molecule has 0 atom stereocenters. The maximum atomic E-state index is 12.7. The predicted molar refractivity (Wildman–Crippen MR) is 146 cm³/mol. The van der Waals surface area contributed by atoms with Gasteiger partial charge in [-0.25, -0.2) is 0 Å². The zero-order valence-corrected chi connectivity index (χ0v) is 22.3. The van der Waals surface area contributed by atoms with Gasteiger partial charge in [-0.05, 0) is 67.5 Å². The summed E-state index contributed by atoms with van der Waals surface area (Å²) in [5.74, 6) is 1.92. The summed E-state index contributed by atoms with van der Waals surface area (Å²) in [6.45, 7) is 4.14. The molecule has 1 amide bonds. The van der Waals surface area contributed by atoms with Crippen LogP contribution in [0.1, 0.15) is 42.3 Å². The Morgan fingerprint density at radius 3 is 2.33 bits per heavy atom. The van der Waals surface area contributed by atoms with Crippen molar-refractivity contribution in [2.24, 2.45) is 0 Å². The first-order chi connectivity index (χ1) is 17.4. The molecule has 0 unspecified atom stereocenters. The van der Waals surface area contributed by atoms with Crippen LogP contribution in [0.5, 0.6) is 0 Å². The summed E-state index contributed by atoms with van der Waals surface area (Å²) in [5, 5.41) is 8.13. The molecule has 0 radical (unpaired) electrons. The Bertz CT molecular complexity index is 1370. The lowest BCUT2D eigenvalue weighted by atomic mass is 9.94. The minimum atomic E-state index is -0.485. The zero-order valence-electron chi connectivity index (χ0n) is 20.0. The lowest BCUT2D eigenvalue weighted by molar-refractivity contribution is -0.115. The Morgan fingerprint density at radius 1 is 1.06 bits per heavy atom. The highest BCUT2D eigenvalue weighted by Gasteiger charge is 2.52. The Labute approximate surface area is 224 Å². The largest absolute Gasteiger partial charge is 0.334 e. The van der Waals surface area contributed by atoms with Gasteiger partial charge in [0.2, 0.25) is 5.91 Å². The van der Waals surface area contributed by atoms with E-state index in [1.807, 2.05) is 55.5 Å². The highest BCUT2D eigenvalue weighted by atomic mass is 35.5. The molecule has 1 N–H and O–H groups in total. The first-order valence-electron chi connectivity index (χ1n) is 11.8. The molecular formula is C28H25Cl2N3O2S. The van der Waals surface area contributed by atoms with Crippen molar-refractivity contribution in [1.82, 2.24) is 10.1 Å². The number of nitrogens with one attached hydrogen (secondary N) is 1. The lowest BCUT2D eigenvalue weighted by Crippen LogP contribution is -2.16. The summed E-state index contributed by atoms with van der Waals surface area (Å²) in [6.07, 6.45) is 1.90. The average molecular weight is 539 g/mol. The van der Waals surface area contributed by atoms with Gasteiger partial charge < -0.3 is 9.84 Å². The van der Waals surface area contributed by atoms with Crippen molar-refractivity contribution in [3.05, 3.63) is 93.2 Å². The summed E-state index contributed by atoms with van der Waals surface area (Å²) in [6, 6.07) is 19.4. The molecule has 0 bridgehead atoms. The van der Waals surface area contributed by atoms with E-state index >= 15 is 0 Å². The standard InChI is InChI=1S/C28H25Cl2N3O2S/c1-3-36-21-10-6-18(7-11-21)14-24(34)31-20-15-22(29)25(23(30)16-20)28(12-13-28)27-32-26(35-33-27)19-8-4-17(2)5-9-19/h4-11,15-16H,3,12-14H2,1-2H3,(H,31,34). The molecular weight excluding hydrogens is 513 g/mol. The van der Waals surface area contributed by atoms with Crippen molar-refractivity contribution < 1.29 is 9.32 Å². The van der Waals surface area contributed by atoms with Crippen LogP contribution >= 0.6 is 35.0 Å². The van der Waals surface area contributed by atoms with Crippen LogP contribution in [-0.2, 0) is 16.6 Å². The molecule has 1 aliphatic rings. The van der Waals surface area contributed by atoms with Gasteiger partial charge in [-0.3, -0.25) is 4.79 Å². The molecule has 5 nitrogen and oxygen atoms in total. The van der Waals surface area contributed by atoms with Crippen LogP contribution in [0.2, 0.25) is 10.0 Å². The Hall–Kier alpha value is -2.80. The third kappa shape index (κ3) is 5.17. The molecule has 1 aromatic heterocycles. The predicted octanol–water partition coefficient (Wildman–Crippen LogP) is 7.72. The minimum Gasteiger partial charge on any atom is -0.334 e. The SMILES string of the molecule is CCSc1ccc(CC(=O)Nc2cc(Cl)c(C3(c4noc(-c5ccc(C)cc5)n4)CC3)c(Cl)c2)cc1.